The second-order valence-electron chi connectivity index (χ2n) is 6.16. The van der Waals surface area contributed by atoms with Crippen LogP contribution in [0.1, 0.15) is 21.6 Å². The Kier molecular flexibility index (Phi) is 3.46. The van der Waals surface area contributed by atoms with E-state index in [1.165, 1.54) is 5.56 Å². The lowest BCUT2D eigenvalue weighted by atomic mass is 10.1. The number of anilines is 1. The van der Waals surface area contributed by atoms with Gasteiger partial charge in [0, 0.05) is 37.8 Å². The first-order chi connectivity index (χ1) is 11.2. The van der Waals surface area contributed by atoms with Crippen molar-refractivity contribution in [3.63, 3.8) is 0 Å². The van der Waals surface area contributed by atoms with Gasteiger partial charge < -0.3 is 10.0 Å². The van der Waals surface area contributed by atoms with Gasteiger partial charge in [0.25, 0.3) is 0 Å². The van der Waals surface area contributed by atoms with E-state index < -0.39 is 5.97 Å². The summed E-state index contributed by atoms with van der Waals surface area (Å²) in [5, 5.41) is 17.0. The van der Waals surface area contributed by atoms with Crippen molar-refractivity contribution in [2.45, 2.75) is 19.0 Å². The van der Waals surface area contributed by atoms with Crippen LogP contribution >= 0.6 is 0 Å². The van der Waals surface area contributed by atoms with E-state index in [1.54, 1.807) is 6.07 Å². The fourth-order valence-electron chi connectivity index (χ4n) is 3.53. The zero-order valence-electron chi connectivity index (χ0n) is 12.7. The molecule has 23 heavy (non-hydrogen) atoms. The highest BCUT2D eigenvalue weighted by Crippen LogP contribution is 2.32. The third kappa shape index (κ3) is 2.66. The molecule has 6 heteroatoms. The van der Waals surface area contributed by atoms with E-state index in [0.29, 0.717) is 6.04 Å². The number of nitrogens with zero attached hydrogens (tertiary/aromatic N) is 4. The summed E-state index contributed by atoms with van der Waals surface area (Å²) in [7, 11) is 0. The maximum absolute atomic E-state index is 11.0. The molecule has 0 radical (unpaired) electrons. The SMILES string of the molecule is O=C(O)c1cc2c(nn1)N1CCN(Cc3ccccc3)CC1C2. The highest BCUT2D eigenvalue weighted by Gasteiger charge is 2.36. The molecular formula is C17H18N4O2. The maximum Gasteiger partial charge on any atom is 0.356 e. The van der Waals surface area contributed by atoms with Crippen LogP contribution in [-0.4, -0.2) is 51.8 Å². The monoisotopic (exact) mass is 310 g/mol. The molecule has 118 valence electrons. The van der Waals surface area contributed by atoms with E-state index >= 15 is 0 Å². The summed E-state index contributed by atoms with van der Waals surface area (Å²) in [6.45, 7) is 3.81. The molecule has 6 nitrogen and oxygen atoms in total. The first kappa shape index (κ1) is 14.1. The first-order valence-electron chi connectivity index (χ1n) is 7.83. The minimum atomic E-state index is -1.02. The smallest absolute Gasteiger partial charge is 0.356 e. The molecule has 1 aromatic carbocycles. The summed E-state index contributed by atoms with van der Waals surface area (Å²) in [5.74, 6) is -0.157. The Morgan fingerprint density at radius 2 is 2.04 bits per heavy atom. The lowest BCUT2D eigenvalue weighted by molar-refractivity contribution is 0.0689. The number of rotatable bonds is 3. The van der Waals surface area contributed by atoms with Gasteiger partial charge in [0.1, 0.15) is 0 Å². The van der Waals surface area contributed by atoms with Gasteiger partial charge in [-0.15, -0.1) is 10.2 Å². The highest BCUT2D eigenvalue weighted by atomic mass is 16.4. The Hall–Kier alpha value is -2.47. The van der Waals surface area contributed by atoms with Gasteiger partial charge in [-0.25, -0.2) is 4.79 Å². The number of hydrogen-bond acceptors (Lipinski definition) is 5. The zero-order chi connectivity index (χ0) is 15.8. The molecule has 1 saturated heterocycles. The molecule has 0 amide bonds. The predicted octanol–water partition coefficient (Wildman–Crippen LogP) is 1.42. The van der Waals surface area contributed by atoms with Crippen molar-refractivity contribution < 1.29 is 9.90 Å². The molecule has 0 bridgehead atoms. The lowest BCUT2D eigenvalue weighted by Crippen LogP contribution is -2.51. The molecule has 1 unspecified atom stereocenters. The number of aromatic nitrogens is 2. The summed E-state index contributed by atoms with van der Waals surface area (Å²) < 4.78 is 0. The molecule has 1 aromatic heterocycles. The minimum Gasteiger partial charge on any atom is -0.476 e. The number of carbonyl (C=O) groups is 1. The van der Waals surface area contributed by atoms with Crippen LogP contribution in [0.3, 0.4) is 0 Å². The van der Waals surface area contributed by atoms with Gasteiger partial charge in [-0.2, -0.15) is 0 Å². The van der Waals surface area contributed by atoms with Crippen LogP contribution in [0.25, 0.3) is 0 Å². The van der Waals surface area contributed by atoms with Crippen molar-refractivity contribution in [3.05, 3.63) is 53.2 Å². The van der Waals surface area contributed by atoms with Crippen molar-refractivity contribution >= 4 is 11.8 Å². The average Bonchev–Trinajstić information content (AvgIpc) is 2.92. The number of hydrogen-bond donors (Lipinski definition) is 1. The molecular weight excluding hydrogens is 292 g/mol. The van der Waals surface area contributed by atoms with E-state index in [0.717, 1.165) is 44.0 Å². The Labute approximate surface area is 134 Å². The third-order valence-corrected chi connectivity index (χ3v) is 4.61. The van der Waals surface area contributed by atoms with E-state index in [9.17, 15) is 4.79 Å². The molecule has 3 heterocycles. The summed E-state index contributed by atoms with van der Waals surface area (Å²) >= 11 is 0. The normalized spacial score (nSPS) is 20.2. The number of benzene rings is 1. The van der Waals surface area contributed by atoms with Crippen LogP contribution in [0.5, 0.6) is 0 Å². The zero-order valence-corrected chi connectivity index (χ0v) is 12.7. The Bertz CT molecular complexity index is 735. The summed E-state index contributed by atoms with van der Waals surface area (Å²) in [4.78, 5) is 15.8. The molecule has 1 fully saturated rings. The van der Waals surface area contributed by atoms with Gasteiger partial charge in [0.05, 0.1) is 0 Å². The van der Waals surface area contributed by atoms with Crippen LogP contribution < -0.4 is 4.90 Å². The van der Waals surface area contributed by atoms with Gasteiger partial charge in [-0.3, -0.25) is 4.90 Å². The number of carboxylic acid groups (broad SMARTS) is 1. The second-order valence-corrected chi connectivity index (χ2v) is 6.16. The van der Waals surface area contributed by atoms with E-state index in [-0.39, 0.29) is 5.69 Å². The first-order valence-corrected chi connectivity index (χ1v) is 7.83. The summed E-state index contributed by atoms with van der Waals surface area (Å²) in [6.07, 6.45) is 0.844. The number of carboxylic acids is 1. The largest absolute Gasteiger partial charge is 0.476 e. The van der Waals surface area contributed by atoms with Crippen LogP contribution in [0.4, 0.5) is 5.82 Å². The quantitative estimate of drug-likeness (QED) is 0.925. The fourth-order valence-corrected chi connectivity index (χ4v) is 3.53. The van der Waals surface area contributed by atoms with E-state index in [4.69, 9.17) is 5.11 Å². The molecule has 2 aliphatic heterocycles. The van der Waals surface area contributed by atoms with Crippen LogP contribution in [0.2, 0.25) is 0 Å². The standard InChI is InChI=1S/C17H18N4O2/c22-17(23)15-9-13-8-14-11-20(10-12-4-2-1-3-5-12)6-7-21(14)16(13)19-18-15/h1-5,9,14H,6-8,10-11H2,(H,22,23). The van der Waals surface area contributed by atoms with Gasteiger partial charge in [-0.05, 0) is 18.1 Å². The summed E-state index contributed by atoms with van der Waals surface area (Å²) in [5.41, 5.74) is 2.36. The van der Waals surface area contributed by atoms with Crippen LogP contribution in [-0.2, 0) is 13.0 Å². The van der Waals surface area contributed by atoms with Gasteiger partial charge >= 0.3 is 5.97 Å². The minimum absolute atomic E-state index is 0.0322. The van der Waals surface area contributed by atoms with Crippen molar-refractivity contribution in [1.82, 2.24) is 15.1 Å². The van der Waals surface area contributed by atoms with Crippen molar-refractivity contribution in [2.24, 2.45) is 0 Å². The topological polar surface area (TPSA) is 69.6 Å². The molecule has 2 aliphatic rings. The number of fused-ring (bicyclic) bond motifs is 3. The Balaban J connectivity index is 1.49. The highest BCUT2D eigenvalue weighted by molar-refractivity contribution is 5.85. The Morgan fingerprint density at radius 3 is 2.83 bits per heavy atom. The lowest BCUT2D eigenvalue weighted by Gasteiger charge is -2.38. The number of aromatic carboxylic acids is 1. The molecule has 0 saturated carbocycles. The van der Waals surface area contributed by atoms with Crippen molar-refractivity contribution in [2.75, 3.05) is 24.5 Å². The second kappa shape index (κ2) is 5.62. The van der Waals surface area contributed by atoms with Crippen LogP contribution in [0, 0.1) is 0 Å². The molecule has 0 aliphatic carbocycles. The molecule has 4 rings (SSSR count). The average molecular weight is 310 g/mol. The van der Waals surface area contributed by atoms with Gasteiger partial charge in [0.15, 0.2) is 11.5 Å². The fraction of sp³-hybridized carbons (Fsp3) is 0.353. The van der Waals surface area contributed by atoms with E-state index in [2.05, 4.69) is 44.3 Å². The Morgan fingerprint density at radius 1 is 1.22 bits per heavy atom. The third-order valence-electron chi connectivity index (χ3n) is 4.61. The van der Waals surface area contributed by atoms with E-state index in [1.807, 2.05) is 6.07 Å². The molecule has 1 atom stereocenters. The van der Waals surface area contributed by atoms with Gasteiger partial charge in [-0.1, -0.05) is 30.3 Å². The van der Waals surface area contributed by atoms with Crippen molar-refractivity contribution in [3.8, 4) is 0 Å². The van der Waals surface area contributed by atoms with Crippen LogP contribution in [0.15, 0.2) is 36.4 Å². The van der Waals surface area contributed by atoms with Gasteiger partial charge in [0.2, 0.25) is 0 Å². The molecule has 1 N–H and O–H groups in total. The van der Waals surface area contributed by atoms with Crippen molar-refractivity contribution in [1.29, 1.82) is 0 Å². The predicted molar refractivity (Wildman–Crippen MR) is 85.5 cm³/mol. The molecule has 0 spiro atoms. The molecule has 2 aromatic rings. The maximum atomic E-state index is 11.0. The summed E-state index contributed by atoms with van der Waals surface area (Å²) in [6, 6.07) is 12.5. The number of piperazine rings is 1.